The number of piperazine rings is 1. The van der Waals surface area contributed by atoms with Crippen LogP contribution < -0.4 is 5.32 Å². The quantitative estimate of drug-likeness (QED) is 0.782. The van der Waals surface area contributed by atoms with Gasteiger partial charge >= 0.3 is 0 Å². The van der Waals surface area contributed by atoms with Gasteiger partial charge in [0.05, 0.1) is 6.54 Å². The highest BCUT2D eigenvalue weighted by Gasteiger charge is 2.38. The van der Waals surface area contributed by atoms with Crippen molar-refractivity contribution in [1.29, 1.82) is 0 Å². The molecule has 0 bridgehead atoms. The Bertz CT molecular complexity index is 332. The SMILES string of the molecule is CCC1C(=O)NCC(=O)N1C1CCCN(CC)C1. The Morgan fingerprint density at radius 2 is 2.11 bits per heavy atom. The van der Waals surface area contributed by atoms with Crippen LogP contribution in [0.4, 0.5) is 0 Å². The van der Waals surface area contributed by atoms with Crippen molar-refractivity contribution < 1.29 is 9.59 Å². The number of carbonyl (C=O) groups excluding carboxylic acids is 2. The Hall–Kier alpha value is -1.10. The molecule has 0 spiro atoms. The minimum atomic E-state index is -0.270. The monoisotopic (exact) mass is 253 g/mol. The van der Waals surface area contributed by atoms with Gasteiger partial charge in [-0.3, -0.25) is 9.59 Å². The van der Waals surface area contributed by atoms with Gasteiger partial charge < -0.3 is 15.1 Å². The summed E-state index contributed by atoms with van der Waals surface area (Å²) in [7, 11) is 0. The van der Waals surface area contributed by atoms with Gasteiger partial charge in [0, 0.05) is 12.6 Å². The average Bonchev–Trinajstić information content (AvgIpc) is 2.41. The standard InChI is InChI=1S/C13H23N3O2/c1-3-11-13(18)14-8-12(17)16(11)10-6-5-7-15(4-2)9-10/h10-11H,3-9H2,1-2H3,(H,14,18). The highest BCUT2D eigenvalue weighted by Crippen LogP contribution is 2.21. The Morgan fingerprint density at radius 3 is 2.78 bits per heavy atom. The van der Waals surface area contributed by atoms with E-state index in [4.69, 9.17) is 0 Å². The van der Waals surface area contributed by atoms with E-state index in [-0.39, 0.29) is 30.4 Å². The maximum Gasteiger partial charge on any atom is 0.243 e. The van der Waals surface area contributed by atoms with Gasteiger partial charge in [0.2, 0.25) is 11.8 Å². The van der Waals surface area contributed by atoms with Gasteiger partial charge in [-0.2, -0.15) is 0 Å². The number of carbonyl (C=O) groups is 2. The van der Waals surface area contributed by atoms with Crippen LogP contribution >= 0.6 is 0 Å². The van der Waals surface area contributed by atoms with Crippen molar-refractivity contribution >= 4 is 11.8 Å². The van der Waals surface area contributed by atoms with Crippen molar-refractivity contribution in [2.45, 2.75) is 45.2 Å². The maximum absolute atomic E-state index is 12.1. The van der Waals surface area contributed by atoms with Crippen molar-refractivity contribution in [3.63, 3.8) is 0 Å². The fourth-order valence-electron chi connectivity index (χ4n) is 3.06. The molecular weight excluding hydrogens is 230 g/mol. The number of piperidine rings is 1. The highest BCUT2D eigenvalue weighted by molar-refractivity contribution is 5.95. The van der Waals surface area contributed by atoms with E-state index in [0.29, 0.717) is 6.42 Å². The summed E-state index contributed by atoms with van der Waals surface area (Å²) in [6, 6.07) is -0.0599. The van der Waals surface area contributed by atoms with Crippen LogP contribution in [0, 0.1) is 0 Å². The van der Waals surface area contributed by atoms with Crippen molar-refractivity contribution in [1.82, 2.24) is 15.1 Å². The lowest BCUT2D eigenvalue weighted by molar-refractivity contribution is -0.149. The number of amides is 2. The van der Waals surface area contributed by atoms with Gasteiger partial charge in [-0.15, -0.1) is 0 Å². The van der Waals surface area contributed by atoms with Crippen LogP contribution in [0.1, 0.15) is 33.1 Å². The molecule has 2 fully saturated rings. The molecule has 2 saturated heterocycles. The van der Waals surface area contributed by atoms with Crippen LogP contribution in [-0.2, 0) is 9.59 Å². The molecular formula is C13H23N3O2. The zero-order valence-electron chi connectivity index (χ0n) is 11.3. The van der Waals surface area contributed by atoms with Gasteiger partial charge in [-0.1, -0.05) is 13.8 Å². The second-order valence-corrected chi connectivity index (χ2v) is 5.13. The zero-order chi connectivity index (χ0) is 13.1. The van der Waals surface area contributed by atoms with E-state index >= 15 is 0 Å². The second-order valence-electron chi connectivity index (χ2n) is 5.13. The molecule has 2 amide bonds. The minimum Gasteiger partial charge on any atom is -0.345 e. The molecule has 0 radical (unpaired) electrons. The van der Waals surface area contributed by atoms with Crippen LogP contribution in [0.25, 0.3) is 0 Å². The second kappa shape index (κ2) is 5.69. The molecule has 0 aromatic rings. The first-order chi connectivity index (χ1) is 8.67. The summed E-state index contributed by atoms with van der Waals surface area (Å²) >= 11 is 0. The fraction of sp³-hybridized carbons (Fsp3) is 0.846. The van der Waals surface area contributed by atoms with Crippen LogP contribution in [0.15, 0.2) is 0 Å². The number of hydrogen-bond donors (Lipinski definition) is 1. The van der Waals surface area contributed by atoms with Gasteiger partial charge in [0.25, 0.3) is 0 Å². The molecule has 2 heterocycles. The number of nitrogens with one attached hydrogen (secondary N) is 1. The summed E-state index contributed by atoms with van der Waals surface area (Å²) in [5.74, 6) is 0.0788. The lowest BCUT2D eigenvalue weighted by atomic mass is 9.99. The van der Waals surface area contributed by atoms with Crippen molar-refractivity contribution in [2.24, 2.45) is 0 Å². The number of rotatable bonds is 3. The Labute approximate surface area is 108 Å². The molecule has 0 aliphatic carbocycles. The van der Waals surface area contributed by atoms with E-state index in [1.165, 1.54) is 0 Å². The first kappa shape index (κ1) is 13.3. The summed E-state index contributed by atoms with van der Waals surface area (Å²) in [6.07, 6.45) is 2.83. The number of nitrogens with zero attached hydrogens (tertiary/aromatic N) is 2. The van der Waals surface area contributed by atoms with Crippen molar-refractivity contribution in [2.75, 3.05) is 26.2 Å². The number of likely N-dealkylation sites (N-methyl/N-ethyl adjacent to an activating group) is 1. The zero-order valence-corrected chi connectivity index (χ0v) is 11.3. The number of hydrogen-bond acceptors (Lipinski definition) is 3. The van der Waals surface area contributed by atoms with Crippen molar-refractivity contribution in [3.8, 4) is 0 Å². The van der Waals surface area contributed by atoms with Gasteiger partial charge in [-0.05, 0) is 32.4 Å². The van der Waals surface area contributed by atoms with Gasteiger partial charge in [0.1, 0.15) is 6.04 Å². The summed E-state index contributed by atoms with van der Waals surface area (Å²) in [5.41, 5.74) is 0. The first-order valence-electron chi connectivity index (χ1n) is 6.98. The molecule has 5 nitrogen and oxygen atoms in total. The molecule has 2 rings (SSSR count). The molecule has 102 valence electrons. The van der Waals surface area contributed by atoms with E-state index in [1.54, 1.807) is 0 Å². The Kier molecular flexibility index (Phi) is 4.22. The third-order valence-corrected chi connectivity index (χ3v) is 4.05. The fourth-order valence-corrected chi connectivity index (χ4v) is 3.06. The summed E-state index contributed by atoms with van der Waals surface area (Å²) in [4.78, 5) is 28.2. The predicted molar refractivity (Wildman–Crippen MR) is 69.1 cm³/mol. The Balaban J connectivity index is 2.12. The molecule has 0 saturated carbocycles. The lowest BCUT2D eigenvalue weighted by Gasteiger charge is -2.44. The van der Waals surface area contributed by atoms with Crippen molar-refractivity contribution in [3.05, 3.63) is 0 Å². The molecule has 1 N–H and O–H groups in total. The maximum atomic E-state index is 12.1. The van der Waals surface area contributed by atoms with Crippen LogP contribution in [0.2, 0.25) is 0 Å². The van der Waals surface area contributed by atoms with Gasteiger partial charge in [-0.25, -0.2) is 0 Å². The molecule has 2 unspecified atom stereocenters. The predicted octanol–water partition coefficient (Wildman–Crippen LogP) is 0.208. The largest absolute Gasteiger partial charge is 0.345 e. The van der Waals surface area contributed by atoms with Gasteiger partial charge in [0.15, 0.2) is 0 Å². The van der Waals surface area contributed by atoms with E-state index in [0.717, 1.165) is 32.5 Å². The molecule has 2 aliphatic heterocycles. The molecule has 18 heavy (non-hydrogen) atoms. The minimum absolute atomic E-state index is 0.00530. The topological polar surface area (TPSA) is 52.7 Å². The molecule has 0 aromatic carbocycles. The summed E-state index contributed by atoms with van der Waals surface area (Å²) in [5, 5.41) is 2.68. The average molecular weight is 253 g/mol. The van der Waals surface area contributed by atoms with E-state index in [9.17, 15) is 9.59 Å². The smallest absolute Gasteiger partial charge is 0.243 e. The highest BCUT2D eigenvalue weighted by atomic mass is 16.2. The first-order valence-corrected chi connectivity index (χ1v) is 6.98. The molecule has 0 aromatic heterocycles. The normalized spacial score (nSPS) is 30.4. The van der Waals surface area contributed by atoms with Crippen LogP contribution in [0.5, 0.6) is 0 Å². The molecule has 2 atom stereocenters. The van der Waals surface area contributed by atoms with E-state index in [1.807, 2.05) is 11.8 Å². The summed E-state index contributed by atoms with van der Waals surface area (Å²) < 4.78 is 0. The third-order valence-electron chi connectivity index (χ3n) is 4.05. The number of likely N-dealkylation sites (tertiary alicyclic amines) is 1. The van der Waals surface area contributed by atoms with E-state index < -0.39 is 0 Å². The van der Waals surface area contributed by atoms with E-state index in [2.05, 4.69) is 17.1 Å². The third kappa shape index (κ3) is 2.51. The Morgan fingerprint density at radius 1 is 1.33 bits per heavy atom. The molecule has 2 aliphatic rings. The van der Waals surface area contributed by atoms with Crippen LogP contribution in [0.3, 0.4) is 0 Å². The molecule has 5 heteroatoms. The lowest BCUT2D eigenvalue weighted by Crippen LogP contribution is -2.63. The summed E-state index contributed by atoms with van der Waals surface area (Å²) in [6.45, 7) is 7.31. The van der Waals surface area contributed by atoms with Crippen LogP contribution in [-0.4, -0.2) is 59.9 Å².